The normalized spacial score (nSPS) is 12.2. The number of aromatic nitrogens is 1. The van der Waals surface area contributed by atoms with Crippen LogP contribution in [-0.4, -0.2) is 58.6 Å². The number of carbonyl (C=O) groups is 3. The highest BCUT2D eigenvalue weighted by molar-refractivity contribution is 5.75. The number of ether oxygens (including phenoxy) is 5. The number of carbonyl (C=O) groups excluding carboxylic acids is 2. The van der Waals surface area contributed by atoms with Gasteiger partial charge in [0.1, 0.15) is 34.4 Å². The standard InChI is InChI=1S/C25H30N4O7.C2HF3O2/c1-24(2,3)35-19(30)11-32-17-8-13-7-14-21(27)15(10-26)22(28)29-23(14)34-16(13)9-18(17)33-12-20(31)36-25(4,5)6;3-2(4,5)1(6)7/h8-9H,7,11-12H2,1-6H3,(H4,27,28,29);(H,6,7). The van der Waals surface area contributed by atoms with Crippen LogP contribution in [0.25, 0.3) is 0 Å². The number of benzene rings is 1. The molecule has 0 unspecified atom stereocenters. The molecule has 0 fully saturated rings. The van der Waals surface area contributed by atoms with E-state index in [4.69, 9.17) is 45.1 Å². The summed E-state index contributed by atoms with van der Waals surface area (Å²) in [5, 5.41) is 16.5. The number of nitrogen functional groups attached to an aromatic ring is 2. The summed E-state index contributed by atoms with van der Waals surface area (Å²) < 4.78 is 59.6. The van der Waals surface area contributed by atoms with E-state index < -0.39 is 48.5 Å². The van der Waals surface area contributed by atoms with Crippen LogP contribution in [0, 0.1) is 11.3 Å². The first-order valence-corrected chi connectivity index (χ1v) is 12.4. The fraction of sp³-hybridized carbons (Fsp3) is 0.444. The Morgan fingerprint density at radius 1 is 0.977 bits per heavy atom. The molecule has 0 aliphatic carbocycles. The maximum absolute atomic E-state index is 12.2. The number of nitriles is 1. The van der Waals surface area contributed by atoms with Crippen molar-refractivity contribution in [3.63, 3.8) is 0 Å². The summed E-state index contributed by atoms with van der Waals surface area (Å²) in [6.45, 7) is 9.66. The first-order valence-electron chi connectivity index (χ1n) is 12.4. The highest BCUT2D eigenvalue weighted by Gasteiger charge is 2.38. The third-order valence-corrected chi connectivity index (χ3v) is 4.92. The number of anilines is 2. The molecule has 16 heteroatoms. The highest BCUT2D eigenvalue weighted by atomic mass is 19.4. The van der Waals surface area contributed by atoms with Crippen molar-refractivity contribution in [2.75, 3.05) is 24.7 Å². The van der Waals surface area contributed by atoms with Gasteiger partial charge in [0.05, 0.1) is 5.69 Å². The van der Waals surface area contributed by atoms with Gasteiger partial charge in [-0.05, 0) is 47.6 Å². The number of fused-ring (bicyclic) bond motifs is 2. The van der Waals surface area contributed by atoms with Crippen molar-refractivity contribution in [2.24, 2.45) is 0 Å². The van der Waals surface area contributed by atoms with Crippen LogP contribution in [0.2, 0.25) is 0 Å². The number of hydrogen-bond donors (Lipinski definition) is 3. The van der Waals surface area contributed by atoms with Gasteiger partial charge in [0.15, 0.2) is 24.7 Å². The van der Waals surface area contributed by atoms with E-state index in [1.165, 1.54) is 6.07 Å². The van der Waals surface area contributed by atoms with E-state index in [0.717, 1.165) is 0 Å². The number of rotatable bonds is 6. The Kier molecular flexibility index (Phi) is 10.3. The number of pyridine rings is 1. The van der Waals surface area contributed by atoms with Gasteiger partial charge < -0.3 is 40.3 Å². The zero-order valence-corrected chi connectivity index (χ0v) is 24.2. The minimum absolute atomic E-state index is 0.0455. The maximum Gasteiger partial charge on any atom is 0.490 e. The number of nitrogens with two attached hydrogens (primary N) is 2. The molecule has 1 aliphatic rings. The Bertz CT molecular complexity index is 1440. The van der Waals surface area contributed by atoms with Crippen LogP contribution in [-0.2, 0) is 30.3 Å². The lowest BCUT2D eigenvalue weighted by Crippen LogP contribution is -2.28. The summed E-state index contributed by atoms with van der Waals surface area (Å²) in [6.07, 6.45) is -4.83. The van der Waals surface area contributed by atoms with Gasteiger partial charge in [-0.25, -0.2) is 14.4 Å². The number of aliphatic carboxylic acids is 1. The van der Waals surface area contributed by atoms with E-state index in [2.05, 4.69) is 4.98 Å². The van der Waals surface area contributed by atoms with Gasteiger partial charge in [0.25, 0.3) is 0 Å². The van der Waals surface area contributed by atoms with E-state index in [1.807, 2.05) is 6.07 Å². The van der Waals surface area contributed by atoms with Gasteiger partial charge in [0, 0.05) is 23.6 Å². The maximum atomic E-state index is 12.2. The molecule has 234 valence electrons. The van der Waals surface area contributed by atoms with Crippen molar-refractivity contribution in [1.29, 1.82) is 5.26 Å². The van der Waals surface area contributed by atoms with Crippen molar-refractivity contribution >= 4 is 29.4 Å². The van der Waals surface area contributed by atoms with Crippen LogP contribution in [0.1, 0.15) is 58.2 Å². The molecule has 1 aromatic carbocycles. The minimum atomic E-state index is -5.08. The van der Waals surface area contributed by atoms with E-state index in [-0.39, 0.29) is 40.9 Å². The van der Waals surface area contributed by atoms with Crippen LogP contribution in [0.3, 0.4) is 0 Å². The molecular weight excluding hydrogens is 581 g/mol. The number of alkyl halides is 3. The smallest absolute Gasteiger partial charge is 0.478 e. The van der Waals surface area contributed by atoms with Gasteiger partial charge in [-0.1, -0.05) is 0 Å². The second kappa shape index (κ2) is 12.9. The summed E-state index contributed by atoms with van der Waals surface area (Å²) in [6, 6.07) is 5.06. The lowest BCUT2D eigenvalue weighted by atomic mass is 9.98. The number of esters is 2. The Morgan fingerprint density at radius 3 is 1.86 bits per heavy atom. The molecule has 0 radical (unpaired) electrons. The first kappa shape index (κ1) is 34.3. The van der Waals surface area contributed by atoms with Crippen molar-refractivity contribution < 1.29 is 56.3 Å². The number of nitrogens with zero attached hydrogens (tertiary/aromatic N) is 2. The summed E-state index contributed by atoms with van der Waals surface area (Å²) >= 11 is 0. The average Bonchev–Trinajstić information content (AvgIpc) is 2.83. The van der Waals surface area contributed by atoms with Crippen LogP contribution in [0.5, 0.6) is 23.1 Å². The minimum Gasteiger partial charge on any atom is -0.478 e. The third-order valence-electron chi connectivity index (χ3n) is 4.92. The molecule has 0 spiro atoms. The topological polar surface area (TPSA) is 206 Å². The van der Waals surface area contributed by atoms with Gasteiger partial charge in [0.2, 0.25) is 5.88 Å². The highest BCUT2D eigenvalue weighted by Crippen LogP contribution is 2.44. The van der Waals surface area contributed by atoms with E-state index in [0.29, 0.717) is 16.9 Å². The molecule has 0 bridgehead atoms. The number of halogens is 3. The molecule has 0 saturated carbocycles. The Balaban J connectivity index is 0.000000821. The summed E-state index contributed by atoms with van der Waals surface area (Å²) in [5.74, 6) is -3.13. The zero-order chi connectivity index (χ0) is 32.9. The molecule has 0 atom stereocenters. The van der Waals surface area contributed by atoms with E-state index >= 15 is 0 Å². The van der Waals surface area contributed by atoms with Gasteiger partial charge >= 0.3 is 24.1 Å². The predicted octanol–water partition coefficient (Wildman–Crippen LogP) is 3.89. The molecule has 2 heterocycles. The zero-order valence-electron chi connectivity index (χ0n) is 24.2. The summed E-state index contributed by atoms with van der Waals surface area (Å²) in [4.78, 5) is 37.5. The average molecular weight is 613 g/mol. The van der Waals surface area contributed by atoms with Crippen LogP contribution < -0.4 is 25.7 Å². The Labute approximate surface area is 244 Å². The van der Waals surface area contributed by atoms with Gasteiger partial charge in [-0.2, -0.15) is 23.4 Å². The van der Waals surface area contributed by atoms with E-state index in [1.54, 1.807) is 47.6 Å². The number of hydrogen-bond acceptors (Lipinski definition) is 12. The Hall–Kier alpha value is -4.94. The molecule has 2 aromatic rings. The summed E-state index contributed by atoms with van der Waals surface area (Å²) in [7, 11) is 0. The van der Waals surface area contributed by atoms with Crippen molar-refractivity contribution in [1.82, 2.24) is 4.98 Å². The molecule has 3 rings (SSSR count). The van der Waals surface area contributed by atoms with Crippen LogP contribution >= 0.6 is 0 Å². The Morgan fingerprint density at radius 2 is 1.44 bits per heavy atom. The summed E-state index contributed by atoms with van der Waals surface area (Å²) in [5.41, 5.74) is 12.0. The van der Waals surface area contributed by atoms with Crippen LogP contribution in [0.4, 0.5) is 24.7 Å². The van der Waals surface area contributed by atoms with Crippen molar-refractivity contribution in [3.8, 4) is 29.2 Å². The largest absolute Gasteiger partial charge is 0.490 e. The quantitative estimate of drug-likeness (QED) is 0.338. The lowest BCUT2D eigenvalue weighted by Gasteiger charge is -2.24. The molecule has 0 amide bonds. The first-order chi connectivity index (χ1) is 19.6. The van der Waals surface area contributed by atoms with Gasteiger partial charge in [-0.15, -0.1) is 0 Å². The van der Waals surface area contributed by atoms with Crippen LogP contribution in [0.15, 0.2) is 12.1 Å². The molecule has 13 nitrogen and oxygen atoms in total. The fourth-order valence-corrected chi connectivity index (χ4v) is 3.36. The molecule has 1 aromatic heterocycles. The SMILES string of the molecule is CC(C)(C)OC(=O)COc1cc2c(cc1OCC(=O)OC(C)(C)C)Oc1nc(N)c(C#N)c(N)c1C2.O=C(O)C(F)(F)F. The second-order valence-corrected chi connectivity index (χ2v) is 10.9. The second-order valence-electron chi connectivity index (χ2n) is 10.9. The predicted molar refractivity (Wildman–Crippen MR) is 143 cm³/mol. The molecule has 0 saturated heterocycles. The van der Waals surface area contributed by atoms with E-state index in [9.17, 15) is 28.0 Å². The monoisotopic (exact) mass is 612 g/mol. The third kappa shape index (κ3) is 10.1. The molecule has 43 heavy (non-hydrogen) atoms. The lowest BCUT2D eigenvalue weighted by molar-refractivity contribution is -0.192. The number of carboxylic acids is 1. The van der Waals surface area contributed by atoms with Crippen molar-refractivity contribution in [2.45, 2.75) is 65.3 Å². The fourth-order valence-electron chi connectivity index (χ4n) is 3.36. The van der Waals surface area contributed by atoms with Crippen molar-refractivity contribution in [3.05, 3.63) is 28.8 Å². The molecule has 1 aliphatic heterocycles. The molecule has 5 N–H and O–H groups in total. The molecular formula is C27H31F3N4O9. The number of carboxylic acid groups (broad SMARTS) is 1. The van der Waals surface area contributed by atoms with Gasteiger partial charge in [-0.3, -0.25) is 0 Å².